The van der Waals surface area contributed by atoms with Gasteiger partial charge in [0.05, 0.1) is 10.7 Å². The molecule has 2 aromatic heterocycles. The van der Waals surface area contributed by atoms with Crippen LogP contribution in [0.25, 0.3) is 0 Å². The number of carbonyl (C=O) groups is 1. The van der Waals surface area contributed by atoms with E-state index in [1.807, 2.05) is 17.5 Å². The fourth-order valence-electron chi connectivity index (χ4n) is 1.59. The zero-order valence-corrected chi connectivity index (χ0v) is 12.5. The molecule has 0 radical (unpaired) electrons. The van der Waals surface area contributed by atoms with Crippen LogP contribution < -0.4 is 16.4 Å². The highest BCUT2D eigenvalue weighted by atomic mass is 32.1. The Morgan fingerprint density at radius 2 is 2.20 bits per heavy atom. The maximum Gasteiger partial charge on any atom is 0.223 e. The van der Waals surface area contributed by atoms with Crippen molar-refractivity contribution in [3.8, 4) is 0 Å². The van der Waals surface area contributed by atoms with Gasteiger partial charge in [-0.1, -0.05) is 0 Å². The van der Waals surface area contributed by atoms with Gasteiger partial charge in [0.1, 0.15) is 0 Å². The maximum absolute atomic E-state index is 10.9. The third-order valence-electron chi connectivity index (χ3n) is 2.38. The summed E-state index contributed by atoms with van der Waals surface area (Å²) in [7, 11) is 0. The van der Waals surface area contributed by atoms with Gasteiger partial charge in [-0.15, -0.1) is 22.7 Å². The van der Waals surface area contributed by atoms with E-state index in [1.165, 1.54) is 23.1 Å². The lowest BCUT2D eigenvalue weighted by molar-refractivity contribution is -0.114. The van der Waals surface area contributed by atoms with Gasteiger partial charge in [-0.25, -0.2) is 4.98 Å². The predicted octanol–water partition coefficient (Wildman–Crippen LogP) is 2.25. The smallest absolute Gasteiger partial charge is 0.223 e. The summed E-state index contributed by atoms with van der Waals surface area (Å²) in [5.74, 6) is -0.165. The van der Waals surface area contributed by atoms with Gasteiger partial charge >= 0.3 is 0 Å². The number of thiophene rings is 1. The number of aryl methyl sites for hydroxylation is 2. The minimum atomic E-state index is -0.107. The van der Waals surface area contributed by atoms with Crippen molar-refractivity contribution in [3.05, 3.63) is 28.1 Å². The third kappa shape index (κ3) is 4.32. The molecule has 5 N–H and O–H groups in total. The minimum Gasteiger partial charge on any atom is -0.370 e. The Kier molecular flexibility index (Phi) is 4.70. The molecule has 20 heavy (non-hydrogen) atoms. The lowest BCUT2D eigenvalue weighted by Gasteiger charge is -1.98. The summed E-state index contributed by atoms with van der Waals surface area (Å²) < 4.78 is 0. The molecule has 0 bridgehead atoms. The van der Waals surface area contributed by atoms with Crippen LogP contribution in [0.5, 0.6) is 0 Å². The first-order chi connectivity index (χ1) is 9.52. The quantitative estimate of drug-likeness (QED) is 0.502. The monoisotopic (exact) mass is 309 g/mol. The summed E-state index contributed by atoms with van der Waals surface area (Å²) in [6, 6.07) is 3.92. The Morgan fingerprint density at radius 1 is 1.40 bits per heavy atom. The van der Waals surface area contributed by atoms with Crippen molar-refractivity contribution in [1.82, 2.24) is 4.98 Å². The second-order valence-electron chi connectivity index (χ2n) is 4.13. The van der Waals surface area contributed by atoms with Crippen molar-refractivity contribution in [2.75, 3.05) is 10.6 Å². The molecule has 0 aliphatic rings. The number of nitrogens with one attached hydrogen (secondary N) is 3. The van der Waals surface area contributed by atoms with Crippen LogP contribution in [0.15, 0.2) is 17.5 Å². The van der Waals surface area contributed by atoms with Gasteiger partial charge < -0.3 is 16.4 Å². The summed E-state index contributed by atoms with van der Waals surface area (Å²) in [5.41, 5.74) is 6.24. The van der Waals surface area contributed by atoms with Crippen LogP contribution in [0.2, 0.25) is 0 Å². The van der Waals surface area contributed by atoms with E-state index in [2.05, 4.69) is 15.6 Å². The van der Waals surface area contributed by atoms with Gasteiger partial charge in [0.25, 0.3) is 0 Å². The Bertz CT molecular complexity index is 565. The Labute approximate surface area is 124 Å². The van der Waals surface area contributed by atoms with E-state index < -0.39 is 0 Å². The molecule has 8 heteroatoms. The van der Waals surface area contributed by atoms with E-state index in [1.54, 1.807) is 11.3 Å². The van der Waals surface area contributed by atoms with Gasteiger partial charge in [0.2, 0.25) is 5.91 Å². The molecule has 0 fully saturated rings. The first kappa shape index (κ1) is 14.5. The number of nitrogens with zero attached hydrogens (tertiary/aromatic N) is 1. The third-order valence-corrected chi connectivity index (χ3v) is 4.25. The van der Waals surface area contributed by atoms with Gasteiger partial charge in [-0.05, 0) is 25.0 Å². The zero-order chi connectivity index (χ0) is 14.5. The molecule has 2 aromatic rings. The van der Waals surface area contributed by atoms with E-state index in [-0.39, 0.29) is 11.9 Å². The average Bonchev–Trinajstić information content (AvgIpc) is 2.94. The highest BCUT2D eigenvalue weighted by Gasteiger charge is 2.05. The van der Waals surface area contributed by atoms with E-state index >= 15 is 0 Å². The van der Waals surface area contributed by atoms with E-state index in [0.717, 1.165) is 23.5 Å². The average molecular weight is 309 g/mol. The number of rotatable bonds is 5. The van der Waals surface area contributed by atoms with Gasteiger partial charge in [0, 0.05) is 17.2 Å². The fourth-order valence-corrected chi connectivity index (χ4v) is 3.30. The second-order valence-corrected chi connectivity index (χ2v) is 6.16. The number of hydrogen-bond donors (Lipinski definition) is 4. The number of amides is 1. The number of anilines is 2. The van der Waals surface area contributed by atoms with Crippen LogP contribution in [0.3, 0.4) is 0 Å². The predicted molar refractivity (Wildman–Crippen MR) is 83.7 cm³/mol. The molecule has 0 spiro atoms. The van der Waals surface area contributed by atoms with Crippen LogP contribution in [-0.2, 0) is 17.6 Å². The van der Waals surface area contributed by atoms with Crippen molar-refractivity contribution >= 4 is 44.7 Å². The molecule has 0 unspecified atom stereocenters. The molecule has 0 atom stereocenters. The van der Waals surface area contributed by atoms with Gasteiger partial charge in [-0.2, -0.15) is 0 Å². The number of carbonyl (C=O) groups excluding carboxylic acids is 1. The molecule has 1 amide bonds. The number of guanidine groups is 1. The van der Waals surface area contributed by atoms with Crippen molar-refractivity contribution < 1.29 is 4.79 Å². The molecular formula is C12H15N5OS2. The van der Waals surface area contributed by atoms with Crippen LogP contribution in [0.1, 0.15) is 17.5 Å². The molecule has 0 aliphatic carbocycles. The molecule has 2 rings (SSSR count). The molecule has 0 saturated carbocycles. The second kappa shape index (κ2) is 6.49. The molecule has 106 valence electrons. The lowest BCUT2D eigenvalue weighted by Crippen LogP contribution is -2.19. The summed E-state index contributed by atoms with van der Waals surface area (Å²) in [6.07, 6.45) is 1.68. The topological polar surface area (TPSA) is 104 Å². The normalized spacial score (nSPS) is 10.2. The van der Waals surface area contributed by atoms with Crippen molar-refractivity contribution in [3.63, 3.8) is 0 Å². The lowest BCUT2D eigenvalue weighted by atomic mass is 10.2. The van der Waals surface area contributed by atoms with E-state index in [9.17, 15) is 4.79 Å². The highest BCUT2D eigenvalue weighted by molar-refractivity contribution is 7.16. The Hall–Kier alpha value is -1.93. The number of thiazole rings is 1. The number of hydrogen-bond acceptors (Lipinski definition) is 5. The Morgan fingerprint density at radius 3 is 2.90 bits per heavy atom. The summed E-state index contributed by atoms with van der Waals surface area (Å²) >= 11 is 3.00. The first-order valence-electron chi connectivity index (χ1n) is 5.94. The number of nitrogens with two attached hydrogens (primary N) is 1. The molecular weight excluding hydrogens is 294 g/mol. The van der Waals surface area contributed by atoms with Gasteiger partial charge in [-0.3, -0.25) is 10.2 Å². The fraction of sp³-hybridized carbons (Fsp3) is 0.250. The van der Waals surface area contributed by atoms with E-state index in [0.29, 0.717) is 5.13 Å². The van der Waals surface area contributed by atoms with Crippen molar-refractivity contribution in [1.29, 1.82) is 5.41 Å². The van der Waals surface area contributed by atoms with Gasteiger partial charge in [0.15, 0.2) is 11.1 Å². The molecule has 0 saturated heterocycles. The molecule has 0 aromatic carbocycles. The van der Waals surface area contributed by atoms with Crippen LogP contribution in [0, 0.1) is 5.41 Å². The summed E-state index contributed by atoms with van der Waals surface area (Å²) in [6.45, 7) is 1.47. The van der Waals surface area contributed by atoms with Crippen molar-refractivity contribution in [2.24, 2.45) is 5.73 Å². The van der Waals surface area contributed by atoms with Crippen LogP contribution >= 0.6 is 22.7 Å². The number of aromatic nitrogens is 1. The van der Waals surface area contributed by atoms with E-state index in [4.69, 9.17) is 11.1 Å². The van der Waals surface area contributed by atoms with Crippen LogP contribution in [-0.4, -0.2) is 16.9 Å². The Balaban J connectivity index is 1.88. The minimum absolute atomic E-state index is 0.0575. The molecule has 0 aliphatic heterocycles. The maximum atomic E-state index is 10.9. The standard InChI is InChI=1S/C12H15N5OS2/c1-7(18)15-12-16-8(6-19-12)2-3-9-4-5-10(20-9)17-11(13)14/h4-6H,2-3H2,1H3,(H4,13,14,17)(H,15,16,18). The SMILES string of the molecule is CC(=O)Nc1nc(CCc2ccc(NC(=N)N)s2)cs1. The summed E-state index contributed by atoms with van der Waals surface area (Å²) in [4.78, 5) is 16.5. The van der Waals surface area contributed by atoms with Crippen LogP contribution in [0.4, 0.5) is 10.1 Å². The molecule has 6 nitrogen and oxygen atoms in total. The van der Waals surface area contributed by atoms with Crippen molar-refractivity contribution in [2.45, 2.75) is 19.8 Å². The zero-order valence-electron chi connectivity index (χ0n) is 10.9. The first-order valence-corrected chi connectivity index (χ1v) is 7.64. The summed E-state index contributed by atoms with van der Waals surface area (Å²) in [5, 5.41) is 16.1. The largest absolute Gasteiger partial charge is 0.370 e. The molecule has 2 heterocycles. The highest BCUT2D eigenvalue weighted by Crippen LogP contribution is 2.24.